The van der Waals surface area contributed by atoms with Gasteiger partial charge in [0.2, 0.25) is 0 Å². The maximum Gasteiger partial charge on any atom is 0.161 e. The number of hydrogen-bond acceptors (Lipinski definition) is 4. The highest BCUT2D eigenvalue weighted by atomic mass is 16.5. The lowest BCUT2D eigenvalue weighted by Crippen LogP contribution is -2.56. The van der Waals surface area contributed by atoms with Crippen molar-refractivity contribution < 1.29 is 9.84 Å². The Hall–Kier alpha value is -1.26. The molecular formula is C16H26N2O2. The average Bonchev–Trinajstić information content (AvgIpc) is 2.36. The predicted molar refractivity (Wildman–Crippen MR) is 81.3 cm³/mol. The van der Waals surface area contributed by atoms with Crippen LogP contribution in [-0.4, -0.2) is 42.8 Å². The molecule has 0 heterocycles. The Morgan fingerprint density at radius 2 is 2.10 bits per heavy atom. The number of likely N-dealkylation sites (N-methyl/N-ethyl adjacent to an activating group) is 1. The highest BCUT2D eigenvalue weighted by Crippen LogP contribution is 2.35. The van der Waals surface area contributed by atoms with Gasteiger partial charge in [0, 0.05) is 18.6 Å². The van der Waals surface area contributed by atoms with E-state index in [1.807, 2.05) is 19.1 Å². The van der Waals surface area contributed by atoms with Crippen molar-refractivity contribution in [2.24, 2.45) is 0 Å². The molecule has 4 nitrogen and oxygen atoms in total. The quantitative estimate of drug-likeness (QED) is 0.804. The molecule has 2 rings (SSSR count). The van der Waals surface area contributed by atoms with E-state index in [1.165, 1.54) is 19.3 Å². The molecule has 20 heavy (non-hydrogen) atoms. The van der Waals surface area contributed by atoms with E-state index in [4.69, 9.17) is 4.74 Å². The zero-order chi connectivity index (χ0) is 14.6. The minimum atomic E-state index is 0.208. The molecule has 0 aromatic heterocycles. The van der Waals surface area contributed by atoms with Gasteiger partial charge in [-0.25, -0.2) is 0 Å². The number of hydrogen-bond donors (Lipinski definition) is 2. The monoisotopic (exact) mass is 278 g/mol. The lowest BCUT2D eigenvalue weighted by atomic mass is 9.75. The summed E-state index contributed by atoms with van der Waals surface area (Å²) in [6.45, 7) is 4.29. The Labute approximate surface area is 121 Å². The van der Waals surface area contributed by atoms with Gasteiger partial charge in [-0.15, -0.1) is 0 Å². The minimum absolute atomic E-state index is 0.208. The average molecular weight is 278 g/mol. The molecule has 1 aromatic carbocycles. The van der Waals surface area contributed by atoms with Crippen molar-refractivity contribution >= 4 is 0 Å². The van der Waals surface area contributed by atoms with Gasteiger partial charge < -0.3 is 20.1 Å². The van der Waals surface area contributed by atoms with E-state index in [2.05, 4.69) is 24.3 Å². The van der Waals surface area contributed by atoms with Crippen LogP contribution in [0.3, 0.4) is 0 Å². The van der Waals surface area contributed by atoms with Crippen molar-refractivity contribution in [1.82, 2.24) is 10.2 Å². The third-order valence-corrected chi connectivity index (χ3v) is 4.34. The fourth-order valence-corrected chi connectivity index (χ4v) is 2.75. The van der Waals surface area contributed by atoms with Gasteiger partial charge in [0.05, 0.1) is 6.61 Å². The second-order valence-corrected chi connectivity index (χ2v) is 5.81. The highest BCUT2D eigenvalue weighted by Gasteiger charge is 2.38. The number of benzene rings is 1. The van der Waals surface area contributed by atoms with Crippen LogP contribution in [0.1, 0.15) is 31.7 Å². The summed E-state index contributed by atoms with van der Waals surface area (Å²) in [5.41, 5.74) is 1.47. The zero-order valence-electron chi connectivity index (χ0n) is 12.8. The molecule has 0 spiro atoms. The first-order valence-corrected chi connectivity index (χ1v) is 7.40. The molecule has 4 heteroatoms. The van der Waals surface area contributed by atoms with E-state index in [-0.39, 0.29) is 5.75 Å². The standard InChI is InChI=1S/C16H26N2O2/c1-4-20-15-10-13(6-7-14(15)19)11-17-12-16(18(2)3)8-5-9-16/h6-7,10,17,19H,4-5,8-9,11-12H2,1-3H3. The van der Waals surface area contributed by atoms with Crippen molar-refractivity contribution in [3.8, 4) is 11.5 Å². The van der Waals surface area contributed by atoms with Crippen molar-refractivity contribution in [1.29, 1.82) is 0 Å². The summed E-state index contributed by atoms with van der Waals surface area (Å²) in [4.78, 5) is 2.34. The molecular weight excluding hydrogens is 252 g/mol. The summed E-state index contributed by atoms with van der Waals surface area (Å²) in [6, 6.07) is 5.55. The largest absolute Gasteiger partial charge is 0.504 e. The summed E-state index contributed by atoms with van der Waals surface area (Å²) in [5, 5.41) is 13.2. The number of phenolic OH excluding ortho intramolecular Hbond substituents is 1. The SMILES string of the molecule is CCOc1cc(CNCC2(N(C)C)CCC2)ccc1O. The number of phenols is 1. The smallest absolute Gasteiger partial charge is 0.161 e. The fraction of sp³-hybridized carbons (Fsp3) is 0.625. The molecule has 1 saturated carbocycles. The number of rotatable bonds is 7. The van der Waals surface area contributed by atoms with Gasteiger partial charge in [-0.1, -0.05) is 6.07 Å². The maximum absolute atomic E-state index is 9.69. The Kier molecular flexibility index (Phi) is 4.89. The molecule has 112 valence electrons. The van der Waals surface area contributed by atoms with E-state index in [0.717, 1.165) is 18.7 Å². The Bertz CT molecular complexity index is 442. The van der Waals surface area contributed by atoms with Crippen LogP contribution in [0.15, 0.2) is 18.2 Å². The van der Waals surface area contributed by atoms with Crippen LogP contribution in [0.4, 0.5) is 0 Å². The first-order valence-electron chi connectivity index (χ1n) is 7.40. The van der Waals surface area contributed by atoms with Crippen molar-refractivity contribution in [2.45, 2.75) is 38.3 Å². The van der Waals surface area contributed by atoms with E-state index in [1.54, 1.807) is 6.07 Å². The van der Waals surface area contributed by atoms with Crippen LogP contribution in [0.25, 0.3) is 0 Å². The Balaban J connectivity index is 1.89. The third kappa shape index (κ3) is 3.25. The Morgan fingerprint density at radius 1 is 1.35 bits per heavy atom. The topological polar surface area (TPSA) is 44.7 Å². The lowest BCUT2D eigenvalue weighted by molar-refractivity contribution is 0.0598. The molecule has 2 N–H and O–H groups in total. The first kappa shape index (κ1) is 15.1. The summed E-state index contributed by atoms with van der Waals surface area (Å²) in [6.07, 6.45) is 3.87. The van der Waals surface area contributed by atoms with Crippen molar-refractivity contribution in [3.05, 3.63) is 23.8 Å². The molecule has 0 unspecified atom stereocenters. The van der Waals surface area contributed by atoms with Crippen LogP contribution >= 0.6 is 0 Å². The molecule has 1 fully saturated rings. The van der Waals surface area contributed by atoms with E-state index < -0.39 is 0 Å². The van der Waals surface area contributed by atoms with Gasteiger partial charge in [-0.3, -0.25) is 0 Å². The van der Waals surface area contributed by atoms with Gasteiger partial charge in [-0.05, 0) is 58.0 Å². The molecule has 1 aliphatic rings. The molecule has 0 atom stereocenters. The number of nitrogens with one attached hydrogen (secondary N) is 1. The van der Waals surface area contributed by atoms with Gasteiger partial charge in [0.25, 0.3) is 0 Å². The van der Waals surface area contributed by atoms with Gasteiger partial charge in [-0.2, -0.15) is 0 Å². The number of aromatic hydroxyl groups is 1. The number of ether oxygens (including phenoxy) is 1. The molecule has 0 amide bonds. The minimum Gasteiger partial charge on any atom is -0.504 e. The van der Waals surface area contributed by atoms with E-state index in [0.29, 0.717) is 17.9 Å². The summed E-state index contributed by atoms with van der Waals surface area (Å²) in [5.74, 6) is 0.775. The summed E-state index contributed by atoms with van der Waals surface area (Å²) >= 11 is 0. The van der Waals surface area contributed by atoms with E-state index in [9.17, 15) is 5.11 Å². The molecule has 0 bridgehead atoms. The summed E-state index contributed by atoms with van der Waals surface area (Å²) < 4.78 is 5.41. The first-order chi connectivity index (χ1) is 9.57. The molecule has 0 saturated heterocycles. The van der Waals surface area contributed by atoms with Crippen LogP contribution in [0.5, 0.6) is 11.5 Å². The van der Waals surface area contributed by atoms with Gasteiger partial charge >= 0.3 is 0 Å². The van der Waals surface area contributed by atoms with Crippen molar-refractivity contribution in [3.63, 3.8) is 0 Å². The second kappa shape index (κ2) is 6.46. The molecule has 0 radical (unpaired) electrons. The summed E-state index contributed by atoms with van der Waals surface area (Å²) in [7, 11) is 4.32. The fourth-order valence-electron chi connectivity index (χ4n) is 2.75. The van der Waals surface area contributed by atoms with Crippen LogP contribution in [0.2, 0.25) is 0 Å². The zero-order valence-corrected chi connectivity index (χ0v) is 12.8. The predicted octanol–water partition coefficient (Wildman–Crippen LogP) is 2.36. The second-order valence-electron chi connectivity index (χ2n) is 5.81. The lowest BCUT2D eigenvalue weighted by Gasteiger charge is -2.47. The van der Waals surface area contributed by atoms with Crippen LogP contribution < -0.4 is 10.1 Å². The van der Waals surface area contributed by atoms with Crippen molar-refractivity contribution in [2.75, 3.05) is 27.2 Å². The normalized spacial score (nSPS) is 17.0. The molecule has 1 aliphatic carbocycles. The third-order valence-electron chi connectivity index (χ3n) is 4.34. The highest BCUT2D eigenvalue weighted by molar-refractivity contribution is 5.41. The van der Waals surface area contributed by atoms with Gasteiger partial charge in [0.1, 0.15) is 0 Å². The van der Waals surface area contributed by atoms with Gasteiger partial charge in [0.15, 0.2) is 11.5 Å². The number of nitrogens with zero attached hydrogens (tertiary/aromatic N) is 1. The maximum atomic E-state index is 9.69. The van der Waals surface area contributed by atoms with Crippen LogP contribution in [0, 0.1) is 0 Å². The molecule has 1 aromatic rings. The Morgan fingerprint density at radius 3 is 2.65 bits per heavy atom. The van der Waals surface area contributed by atoms with E-state index >= 15 is 0 Å². The van der Waals surface area contributed by atoms with Crippen LogP contribution in [-0.2, 0) is 6.54 Å². The molecule has 0 aliphatic heterocycles.